The Kier molecular flexibility index (Phi) is 3.03. The largest absolute Gasteiger partial charge is 0.226 e. The van der Waals surface area contributed by atoms with Crippen molar-refractivity contribution in [1.29, 1.82) is 0 Å². The van der Waals surface area contributed by atoms with E-state index in [1.54, 1.807) is 6.20 Å². The Morgan fingerprint density at radius 3 is 2.87 bits per heavy atom. The lowest BCUT2D eigenvalue weighted by molar-refractivity contribution is 1.13. The monoisotopic (exact) mass is 282 g/mol. The fourth-order valence-electron chi connectivity index (χ4n) is 1.35. The first-order valence-corrected chi connectivity index (χ1v) is 5.59. The maximum atomic E-state index is 5.77. The number of nitrogens with zero attached hydrogens (tertiary/aromatic N) is 2. The van der Waals surface area contributed by atoms with Crippen LogP contribution in [0.15, 0.2) is 34.9 Å². The summed E-state index contributed by atoms with van der Waals surface area (Å²) in [6.07, 6.45) is 1.73. The lowest BCUT2D eigenvalue weighted by Crippen LogP contribution is -1.91. The van der Waals surface area contributed by atoms with Gasteiger partial charge in [0, 0.05) is 16.2 Å². The molecule has 1 aromatic carbocycles. The maximum absolute atomic E-state index is 5.77. The summed E-state index contributed by atoms with van der Waals surface area (Å²) in [5.74, 6) is 0. The summed E-state index contributed by atoms with van der Waals surface area (Å²) in [7, 11) is 0. The molecule has 0 aliphatic rings. The molecule has 0 unspecified atom stereocenters. The van der Waals surface area contributed by atoms with Crippen LogP contribution in [0.1, 0.15) is 5.56 Å². The van der Waals surface area contributed by atoms with Gasteiger partial charge in [-0.1, -0.05) is 28.1 Å². The Labute approximate surface area is 101 Å². The normalized spacial score (nSPS) is 10.3. The molecule has 76 valence electrons. The number of hydrogen-bond donors (Lipinski definition) is 0. The molecule has 0 amide bonds. The van der Waals surface area contributed by atoms with Gasteiger partial charge in [-0.3, -0.25) is 0 Å². The summed E-state index contributed by atoms with van der Waals surface area (Å²) in [4.78, 5) is 8.15. The van der Waals surface area contributed by atoms with Crippen LogP contribution in [-0.4, -0.2) is 9.97 Å². The summed E-state index contributed by atoms with van der Waals surface area (Å²) >= 11 is 9.20. The second-order valence-corrected chi connectivity index (χ2v) is 4.43. The van der Waals surface area contributed by atoms with Crippen LogP contribution in [0.4, 0.5) is 0 Å². The minimum atomic E-state index is 0.274. The van der Waals surface area contributed by atoms with E-state index in [9.17, 15) is 0 Å². The Hall–Kier alpha value is -0.930. The standard InChI is InChI=1S/C11H8BrClN2/c1-7-6-14-11(13)15-10(7)8-3-2-4-9(12)5-8/h2-6H,1H3. The van der Waals surface area contributed by atoms with Gasteiger partial charge in [0.2, 0.25) is 5.28 Å². The summed E-state index contributed by atoms with van der Waals surface area (Å²) in [5, 5.41) is 0.274. The van der Waals surface area contributed by atoms with Gasteiger partial charge in [0.1, 0.15) is 0 Å². The van der Waals surface area contributed by atoms with Crippen LogP contribution in [0.3, 0.4) is 0 Å². The average Bonchev–Trinajstić information content (AvgIpc) is 2.22. The first kappa shape index (κ1) is 10.6. The van der Waals surface area contributed by atoms with E-state index in [2.05, 4.69) is 25.9 Å². The number of benzene rings is 1. The Balaban J connectivity index is 2.58. The first-order chi connectivity index (χ1) is 7.16. The van der Waals surface area contributed by atoms with Gasteiger partial charge in [-0.05, 0) is 36.2 Å². The van der Waals surface area contributed by atoms with Gasteiger partial charge in [0.05, 0.1) is 5.69 Å². The van der Waals surface area contributed by atoms with Crippen molar-refractivity contribution in [3.63, 3.8) is 0 Å². The number of rotatable bonds is 1. The zero-order chi connectivity index (χ0) is 10.8. The topological polar surface area (TPSA) is 25.8 Å². The van der Waals surface area contributed by atoms with E-state index in [1.165, 1.54) is 0 Å². The van der Waals surface area contributed by atoms with Crippen molar-refractivity contribution in [2.24, 2.45) is 0 Å². The van der Waals surface area contributed by atoms with Crippen LogP contribution in [-0.2, 0) is 0 Å². The Morgan fingerprint density at radius 2 is 2.13 bits per heavy atom. The molecule has 2 rings (SSSR count). The molecule has 1 heterocycles. The highest BCUT2D eigenvalue weighted by molar-refractivity contribution is 9.10. The minimum absolute atomic E-state index is 0.274. The molecule has 0 radical (unpaired) electrons. The van der Waals surface area contributed by atoms with Gasteiger partial charge in [0.25, 0.3) is 0 Å². The minimum Gasteiger partial charge on any atom is -0.226 e. The molecule has 0 aliphatic heterocycles. The molecule has 0 aliphatic carbocycles. The Morgan fingerprint density at radius 1 is 1.33 bits per heavy atom. The zero-order valence-electron chi connectivity index (χ0n) is 8.04. The molecule has 4 heteroatoms. The van der Waals surface area contributed by atoms with Gasteiger partial charge in [-0.2, -0.15) is 0 Å². The van der Waals surface area contributed by atoms with Crippen LogP contribution in [0.25, 0.3) is 11.3 Å². The number of halogens is 2. The second kappa shape index (κ2) is 4.29. The van der Waals surface area contributed by atoms with Crippen LogP contribution >= 0.6 is 27.5 Å². The Bertz CT molecular complexity index is 500. The van der Waals surface area contributed by atoms with Crippen LogP contribution in [0.5, 0.6) is 0 Å². The molecule has 0 saturated carbocycles. The van der Waals surface area contributed by atoms with Gasteiger partial charge >= 0.3 is 0 Å². The smallest absolute Gasteiger partial charge is 0.222 e. The molecule has 0 saturated heterocycles. The lowest BCUT2D eigenvalue weighted by Gasteiger charge is -2.04. The molecule has 0 bridgehead atoms. The van der Waals surface area contributed by atoms with E-state index >= 15 is 0 Å². The van der Waals surface area contributed by atoms with E-state index in [-0.39, 0.29) is 5.28 Å². The fraction of sp³-hybridized carbons (Fsp3) is 0.0909. The quantitative estimate of drug-likeness (QED) is 0.743. The van der Waals surface area contributed by atoms with Crippen molar-refractivity contribution in [2.45, 2.75) is 6.92 Å². The summed E-state index contributed by atoms with van der Waals surface area (Å²) in [6, 6.07) is 7.94. The molecular formula is C11H8BrClN2. The van der Waals surface area contributed by atoms with Crippen molar-refractivity contribution in [3.8, 4) is 11.3 Å². The van der Waals surface area contributed by atoms with E-state index in [0.29, 0.717) is 0 Å². The summed E-state index contributed by atoms with van der Waals surface area (Å²) in [5.41, 5.74) is 2.92. The fourth-order valence-corrected chi connectivity index (χ4v) is 1.88. The van der Waals surface area contributed by atoms with Gasteiger partial charge in [0.15, 0.2) is 0 Å². The number of hydrogen-bond acceptors (Lipinski definition) is 2. The highest BCUT2D eigenvalue weighted by Crippen LogP contribution is 2.24. The molecule has 2 nitrogen and oxygen atoms in total. The molecule has 0 atom stereocenters. The zero-order valence-corrected chi connectivity index (χ0v) is 10.4. The van der Waals surface area contributed by atoms with Gasteiger partial charge in [-0.25, -0.2) is 9.97 Å². The predicted molar refractivity (Wildman–Crippen MR) is 64.9 cm³/mol. The van der Waals surface area contributed by atoms with Crippen LogP contribution in [0, 0.1) is 6.92 Å². The van der Waals surface area contributed by atoms with Crippen molar-refractivity contribution < 1.29 is 0 Å². The molecule has 2 aromatic rings. The van der Waals surface area contributed by atoms with E-state index < -0.39 is 0 Å². The van der Waals surface area contributed by atoms with Crippen molar-refractivity contribution in [3.05, 3.63) is 45.8 Å². The maximum Gasteiger partial charge on any atom is 0.222 e. The highest BCUT2D eigenvalue weighted by atomic mass is 79.9. The molecule has 0 N–H and O–H groups in total. The number of aromatic nitrogens is 2. The lowest BCUT2D eigenvalue weighted by atomic mass is 10.1. The van der Waals surface area contributed by atoms with E-state index in [4.69, 9.17) is 11.6 Å². The highest BCUT2D eigenvalue weighted by Gasteiger charge is 2.05. The SMILES string of the molecule is Cc1cnc(Cl)nc1-c1cccc(Br)c1. The van der Waals surface area contributed by atoms with Crippen molar-refractivity contribution >= 4 is 27.5 Å². The molecular weight excluding hydrogens is 275 g/mol. The second-order valence-electron chi connectivity index (χ2n) is 3.18. The number of aryl methyl sites for hydroxylation is 1. The van der Waals surface area contributed by atoms with Crippen LogP contribution < -0.4 is 0 Å². The van der Waals surface area contributed by atoms with Crippen molar-refractivity contribution in [1.82, 2.24) is 9.97 Å². The first-order valence-electron chi connectivity index (χ1n) is 4.42. The predicted octanol–water partition coefficient (Wildman–Crippen LogP) is 3.87. The molecule has 1 aromatic heterocycles. The molecule has 0 fully saturated rings. The molecule has 0 spiro atoms. The van der Waals surface area contributed by atoms with Gasteiger partial charge < -0.3 is 0 Å². The third kappa shape index (κ3) is 2.36. The molecule has 15 heavy (non-hydrogen) atoms. The van der Waals surface area contributed by atoms with E-state index in [0.717, 1.165) is 21.3 Å². The van der Waals surface area contributed by atoms with Crippen molar-refractivity contribution in [2.75, 3.05) is 0 Å². The van der Waals surface area contributed by atoms with Crippen LogP contribution in [0.2, 0.25) is 5.28 Å². The third-order valence-corrected chi connectivity index (χ3v) is 2.72. The van der Waals surface area contributed by atoms with E-state index in [1.807, 2.05) is 31.2 Å². The summed E-state index contributed by atoms with van der Waals surface area (Å²) in [6.45, 7) is 1.96. The average molecular weight is 284 g/mol. The summed E-state index contributed by atoms with van der Waals surface area (Å²) < 4.78 is 1.02. The van der Waals surface area contributed by atoms with Gasteiger partial charge in [-0.15, -0.1) is 0 Å². The third-order valence-electron chi connectivity index (χ3n) is 2.04.